The van der Waals surface area contributed by atoms with Crippen LogP contribution in [0, 0.1) is 17.8 Å². The number of Topliss-reactive ketones (excluding diaryl/α,β-unsaturated/α-hetero) is 1. The lowest BCUT2D eigenvalue weighted by Gasteiger charge is -2.39. The molecule has 0 spiro atoms. The highest BCUT2D eigenvalue weighted by atomic mass is 16.4. The third kappa shape index (κ3) is 7.53. The minimum atomic E-state index is -0.968. The molecule has 0 bridgehead atoms. The van der Waals surface area contributed by atoms with E-state index < -0.39 is 12.0 Å². The molecule has 0 aromatic heterocycles. The van der Waals surface area contributed by atoms with Gasteiger partial charge in [0.25, 0.3) is 0 Å². The molecule has 172 valence electrons. The van der Waals surface area contributed by atoms with E-state index in [4.69, 9.17) is 0 Å². The molecular weight excluding hydrogens is 380 g/mol. The number of likely N-dealkylation sites (tertiary alicyclic amines) is 1. The van der Waals surface area contributed by atoms with Crippen LogP contribution in [-0.2, 0) is 14.4 Å². The SMILES string of the molecule is CCC(C)N1CCCC[C@@H]1C(=O)N[C@H](C(=O)C[C@H](/C=C(\C)C(=O)O)C(C)C)C(C)C. The number of hydrogen-bond donors (Lipinski definition) is 2. The predicted molar refractivity (Wildman–Crippen MR) is 120 cm³/mol. The molecular formula is C24H42N2O4. The molecule has 1 rings (SSSR count). The Kier molecular flexibility index (Phi) is 10.7. The Morgan fingerprint density at radius 1 is 1.10 bits per heavy atom. The lowest BCUT2D eigenvalue weighted by molar-refractivity contribution is -0.134. The molecule has 1 aliphatic heterocycles. The van der Waals surface area contributed by atoms with Crippen LogP contribution in [0.25, 0.3) is 0 Å². The van der Waals surface area contributed by atoms with Gasteiger partial charge in [-0.25, -0.2) is 4.79 Å². The van der Waals surface area contributed by atoms with E-state index >= 15 is 0 Å². The van der Waals surface area contributed by atoms with Gasteiger partial charge in [-0.05, 0) is 57.4 Å². The molecule has 1 saturated heterocycles. The van der Waals surface area contributed by atoms with Gasteiger partial charge in [0.2, 0.25) is 5.91 Å². The van der Waals surface area contributed by atoms with Crippen molar-refractivity contribution < 1.29 is 19.5 Å². The van der Waals surface area contributed by atoms with Gasteiger partial charge in [-0.3, -0.25) is 14.5 Å². The van der Waals surface area contributed by atoms with Crippen LogP contribution in [0.2, 0.25) is 0 Å². The normalized spacial score (nSPS) is 21.4. The standard InChI is InChI=1S/C24H42N2O4/c1-8-18(7)26-12-10-9-11-20(26)23(28)25-22(16(4)5)21(27)14-19(15(2)3)13-17(6)24(29)30/h13,15-16,18-20,22H,8-12,14H2,1-7H3,(H,25,28)(H,29,30)/b17-13+/t18?,19-,20+,22-/m0/s1. The van der Waals surface area contributed by atoms with Gasteiger partial charge < -0.3 is 10.4 Å². The topological polar surface area (TPSA) is 86.7 Å². The summed E-state index contributed by atoms with van der Waals surface area (Å²) in [5, 5.41) is 12.2. The average molecular weight is 423 g/mol. The van der Waals surface area contributed by atoms with Gasteiger partial charge in [0, 0.05) is 18.0 Å². The predicted octanol–water partition coefficient (Wildman–Crippen LogP) is 4.04. The summed E-state index contributed by atoms with van der Waals surface area (Å²) in [6, 6.07) is -0.403. The van der Waals surface area contributed by atoms with Gasteiger partial charge in [-0.1, -0.05) is 47.1 Å². The maximum Gasteiger partial charge on any atom is 0.330 e. The maximum atomic E-state index is 13.1. The summed E-state index contributed by atoms with van der Waals surface area (Å²) in [6.07, 6.45) is 5.85. The minimum absolute atomic E-state index is 0.0283. The van der Waals surface area contributed by atoms with Crippen LogP contribution < -0.4 is 5.32 Å². The largest absolute Gasteiger partial charge is 0.478 e. The van der Waals surface area contributed by atoms with Crippen molar-refractivity contribution in [3.8, 4) is 0 Å². The first kappa shape index (κ1) is 26.3. The van der Waals surface area contributed by atoms with Crippen LogP contribution in [0.1, 0.15) is 80.6 Å². The number of carbonyl (C=O) groups is 3. The molecule has 30 heavy (non-hydrogen) atoms. The van der Waals surface area contributed by atoms with Gasteiger partial charge in [-0.15, -0.1) is 0 Å². The van der Waals surface area contributed by atoms with Crippen molar-refractivity contribution in [2.24, 2.45) is 17.8 Å². The van der Waals surface area contributed by atoms with Crippen LogP contribution in [-0.4, -0.2) is 52.3 Å². The Bertz CT molecular complexity index is 627. The first-order chi connectivity index (χ1) is 14.0. The Balaban J connectivity index is 2.94. The molecule has 6 nitrogen and oxygen atoms in total. The molecule has 1 fully saturated rings. The zero-order valence-corrected chi connectivity index (χ0v) is 19.9. The fraction of sp³-hybridized carbons (Fsp3) is 0.792. The summed E-state index contributed by atoms with van der Waals surface area (Å²) in [5.41, 5.74) is 0.248. The van der Waals surface area contributed by atoms with Crippen LogP contribution in [0.3, 0.4) is 0 Å². The molecule has 1 aliphatic rings. The van der Waals surface area contributed by atoms with Crippen LogP contribution in [0.4, 0.5) is 0 Å². The van der Waals surface area contributed by atoms with E-state index in [2.05, 4.69) is 24.1 Å². The van der Waals surface area contributed by atoms with E-state index in [0.29, 0.717) is 6.04 Å². The Morgan fingerprint density at radius 2 is 1.73 bits per heavy atom. The van der Waals surface area contributed by atoms with Crippen molar-refractivity contribution >= 4 is 17.7 Å². The molecule has 1 amide bonds. The summed E-state index contributed by atoms with van der Waals surface area (Å²) in [6.45, 7) is 14.6. The molecule has 0 aromatic rings. The number of nitrogens with one attached hydrogen (secondary N) is 1. The van der Waals surface area contributed by atoms with E-state index in [9.17, 15) is 19.5 Å². The summed E-state index contributed by atoms with van der Waals surface area (Å²) in [5.74, 6) is -1.12. The van der Waals surface area contributed by atoms with E-state index in [1.165, 1.54) is 0 Å². The number of piperidine rings is 1. The van der Waals surface area contributed by atoms with E-state index in [1.807, 2.05) is 27.7 Å². The molecule has 1 unspecified atom stereocenters. The first-order valence-corrected chi connectivity index (χ1v) is 11.5. The van der Waals surface area contributed by atoms with Crippen molar-refractivity contribution in [2.45, 2.75) is 98.7 Å². The van der Waals surface area contributed by atoms with Gasteiger partial charge in [0.05, 0.1) is 12.1 Å². The second-order valence-corrected chi connectivity index (χ2v) is 9.47. The maximum absolute atomic E-state index is 13.1. The van der Waals surface area contributed by atoms with Crippen LogP contribution in [0.15, 0.2) is 11.6 Å². The summed E-state index contributed by atoms with van der Waals surface area (Å²) in [4.78, 5) is 39.8. The van der Waals surface area contributed by atoms with Crippen molar-refractivity contribution in [1.82, 2.24) is 10.2 Å². The minimum Gasteiger partial charge on any atom is -0.478 e. The fourth-order valence-electron chi connectivity index (χ4n) is 4.10. The second-order valence-electron chi connectivity index (χ2n) is 9.47. The Hall–Kier alpha value is -1.69. The van der Waals surface area contributed by atoms with Crippen molar-refractivity contribution in [2.75, 3.05) is 6.54 Å². The van der Waals surface area contributed by atoms with Crippen LogP contribution in [0.5, 0.6) is 0 Å². The number of nitrogens with zero attached hydrogens (tertiary/aromatic N) is 1. The highest BCUT2D eigenvalue weighted by Gasteiger charge is 2.34. The van der Waals surface area contributed by atoms with E-state index in [-0.39, 0.29) is 47.5 Å². The van der Waals surface area contributed by atoms with E-state index in [1.54, 1.807) is 13.0 Å². The first-order valence-electron chi connectivity index (χ1n) is 11.5. The van der Waals surface area contributed by atoms with Gasteiger partial charge >= 0.3 is 5.97 Å². The smallest absolute Gasteiger partial charge is 0.330 e. The monoisotopic (exact) mass is 422 g/mol. The molecule has 0 aliphatic carbocycles. The lowest BCUT2D eigenvalue weighted by atomic mass is 9.85. The molecule has 2 N–H and O–H groups in total. The number of allylic oxidation sites excluding steroid dienone is 1. The van der Waals surface area contributed by atoms with Crippen molar-refractivity contribution in [3.63, 3.8) is 0 Å². The zero-order valence-electron chi connectivity index (χ0n) is 19.9. The number of aliphatic carboxylic acids is 1. The lowest BCUT2D eigenvalue weighted by Crippen LogP contribution is -2.56. The third-order valence-electron chi connectivity index (χ3n) is 6.41. The number of ketones is 1. The van der Waals surface area contributed by atoms with Crippen molar-refractivity contribution in [1.29, 1.82) is 0 Å². The van der Waals surface area contributed by atoms with Gasteiger partial charge in [0.1, 0.15) is 0 Å². The number of carboxylic acid groups (broad SMARTS) is 1. The number of hydrogen-bond acceptors (Lipinski definition) is 4. The van der Waals surface area contributed by atoms with Gasteiger partial charge in [0.15, 0.2) is 5.78 Å². The Morgan fingerprint density at radius 3 is 2.23 bits per heavy atom. The molecule has 0 radical (unpaired) electrons. The summed E-state index contributed by atoms with van der Waals surface area (Å²) < 4.78 is 0. The molecule has 6 heteroatoms. The highest BCUT2D eigenvalue weighted by molar-refractivity contribution is 5.91. The number of carbonyl (C=O) groups excluding carboxylic acids is 2. The molecule has 0 aromatic carbocycles. The molecule has 4 atom stereocenters. The Labute approximate surface area is 182 Å². The number of amides is 1. The highest BCUT2D eigenvalue weighted by Crippen LogP contribution is 2.24. The number of carboxylic acids is 1. The third-order valence-corrected chi connectivity index (χ3v) is 6.41. The van der Waals surface area contributed by atoms with Gasteiger partial charge in [-0.2, -0.15) is 0 Å². The van der Waals surface area contributed by atoms with Crippen LogP contribution >= 0.6 is 0 Å². The summed E-state index contributed by atoms with van der Waals surface area (Å²) in [7, 11) is 0. The van der Waals surface area contributed by atoms with E-state index in [0.717, 1.165) is 32.2 Å². The number of rotatable bonds is 11. The quantitative estimate of drug-likeness (QED) is 0.491. The zero-order chi connectivity index (χ0) is 23.0. The second kappa shape index (κ2) is 12.2. The summed E-state index contributed by atoms with van der Waals surface area (Å²) >= 11 is 0. The molecule has 0 saturated carbocycles. The average Bonchev–Trinajstić information content (AvgIpc) is 2.69. The molecule has 1 heterocycles. The van der Waals surface area contributed by atoms with Crippen molar-refractivity contribution in [3.05, 3.63) is 11.6 Å². The fourth-order valence-corrected chi connectivity index (χ4v) is 4.10.